The van der Waals surface area contributed by atoms with E-state index >= 15 is 0 Å². The lowest BCUT2D eigenvalue weighted by atomic mass is 10.0. The van der Waals surface area contributed by atoms with Gasteiger partial charge >= 0.3 is 5.97 Å². The number of aromatic nitrogens is 3. The zero-order valence-corrected chi connectivity index (χ0v) is 19.2. The first-order valence-corrected chi connectivity index (χ1v) is 11.0. The lowest BCUT2D eigenvalue weighted by molar-refractivity contribution is 0.0603. The molecule has 0 atom stereocenters. The molecule has 0 N–H and O–H groups in total. The molecule has 33 heavy (non-hydrogen) atoms. The fraction of sp³-hybridized carbons (Fsp3) is 0.222. The van der Waals surface area contributed by atoms with Gasteiger partial charge in [0.1, 0.15) is 28.2 Å². The van der Waals surface area contributed by atoms with E-state index in [1.54, 1.807) is 0 Å². The van der Waals surface area contributed by atoms with Crippen LogP contribution in [-0.4, -0.2) is 27.6 Å². The topological polar surface area (TPSA) is 70.2 Å². The summed E-state index contributed by atoms with van der Waals surface area (Å²) in [6.45, 7) is 6.87. The number of fused-ring (bicyclic) bond motifs is 2. The minimum absolute atomic E-state index is 0.409. The summed E-state index contributed by atoms with van der Waals surface area (Å²) < 4.78 is 13.3. The van der Waals surface area contributed by atoms with Gasteiger partial charge in [-0.05, 0) is 37.1 Å². The number of aryl methyl sites for hydroxylation is 3. The predicted octanol–water partition coefficient (Wildman–Crippen LogP) is 5.86. The summed E-state index contributed by atoms with van der Waals surface area (Å²) in [5, 5.41) is 0.748. The highest BCUT2D eigenvalue weighted by molar-refractivity contribution is 6.08. The minimum Gasteiger partial charge on any atom is -0.465 e. The number of benzene rings is 2. The smallest absolute Gasteiger partial charge is 0.342 e. The molecule has 0 radical (unpaired) electrons. The van der Waals surface area contributed by atoms with Gasteiger partial charge in [-0.1, -0.05) is 49.4 Å². The summed E-state index contributed by atoms with van der Waals surface area (Å²) in [6, 6.07) is 17.6. The highest BCUT2D eigenvalue weighted by atomic mass is 16.5. The van der Waals surface area contributed by atoms with Gasteiger partial charge in [-0.3, -0.25) is 0 Å². The van der Waals surface area contributed by atoms with Crippen molar-refractivity contribution in [3.05, 3.63) is 82.8 Å². The molecule has 5 rings (SSSR count). The summed E-state index contributed by atoms with van der Waals surface area (Å²) in [4.78, 5) is 22.1. The van der Waals surface area contributed by atoms with Gasteiger partial charge in [0.25, 0.3) is 0 Å². The number of carbonyl (C=O) groups excluding carboxylic acids is 1. The van der Waals surface area contributed by atoms with Crippen LogP contribution in [0, 0.1) is 13.8 Å². The van der Waals surface area contributed by atoms with Crippen molar-refractivity contribution in [2.75, 3.05) is 7.11 Å². The second-order valence-corrected chi connectivity index (χ2v) is 8.21. The molecule has 6 heteroatoms. The summed E-state index contributed by atoms with van der Waals surface area (Å²) in [5.41, 5.74) is 7.05. The van der Waals surface area contributed by atoms with Gasteiger partial charge < -0.3 is 13.7 Å². The Labute approximate surface area is 191 Å². The van der Waals surface area contributed by atoms with Crippen molar-refractivity contribution in [1.82, 2.24) is 14.5 Å². The molecule has 0 aliphatic heterocycles. The van der Waals surface area contributed by atoms with Crippen LogP contribution in [0.3, 0.4) is 0 Å². The van der Waals surface area contributed by atoms with Crippen molar-refractivity contribution >= 4 is 28.1 Å². The monoisotopic (exact) mass is 439 g/mol. The Morgan fingerprint density at radius 1 is 1.06 bits per heavy atom. The number of furan rings is 1. The van der Waals surface area contributed by atoms with Gasteiger partial charge in [0.05, 0.1) is 13.7 Å². The molecule has 0 amide bonds. The predicted molar refractivity (Wildman–Crippen MR) is 128 cm³/mol. The van der Waals surface area contributed by atoms with Crippen LogP contribution in [-0.2, 0) is 17.7 Å². The van der Waals surface area contributed by atoms with Crippen LogP contribution >= 0.6 is 0 Å². The number of pyridine rings is 1. The van der Waals surface area contributed by atoms with Crippen molar-refractivity contribution in [3.8, 4) is 11.3 Å². The third kappa shape index (κ3) is 3.57. The maximum atomic E-state index is 12.5. The maximum Gasteiger partial charge on any atom is 0.342 e. The van der Waals surface area contributed by atoms with E-state index < -0.39 is 5.97 Å². The minimum atomic E-state index is -0.409. The molecule has 0 unspecified atom stereocenters. The maximum absolute atomic E-state index is 12.5. The van der Waals surface area contributed by atoms with E-state index in [0.717, 1.165) is 51.2 Å². The quantitative estimate of drug-likeness (QED) is 0.321. The first-order valence-electron chi connectivity index (χ1n) is 11.0. The molecule has 2 aromatic carbocycles. The van der Waals surface area contributed by atoms with E-state index in [0.29, 0.717) is 23.5 Å². The first-order chi connectivity index (χ1) is 16.0. The molecule has 5 aromatic rings. The summed E-state index contributed by atoms with van der Waals surface area (Å²) in [5.74, 6) is 1.12. The van der Waals surface area contributed by atoms with Gasteiger partial charge in [0.15, 0.2) is 5.65 Å². The normalized spacial score (nSPS) is 11.4. The molecule has 0 aliphatic carbocycles. The van der Waals surface area contributed by atoms with Crippen LogP contribution in [0.25, 0.3) is 33.5 Å². The SMILES string of the molecule is CCc1nc2c(C)cc(C)nc2n1Cc1ccc(-c2oc3ccccc3c2C(=O)OC)cc1. The Hall–Kier alpha value is -3.93. The second-order valence-electron chi connectivity index (χ2n) is 8.21. The van der Waals surface area contributed by atoms with E-state index in [2.05, 4.69) is 36.6 Å². The number of esters is 1. The number of hydrogen-bond acceptors (Lipinski definition) is 5. The Balaban J connectivity index is 1.54. The van der Waals surface area contributed by atoms with Gasteiger partial charge in [0.2, 0.25) is 0 Å². The largest absolute Gasteiger partial charge is 0.465 e. The standard InChI is InChI=1S/C27H25N3O3/c1-5-22-29-24-16(2)14-17(3)28-26(24)30(22)15-18-10-12-19(13-11-18)25-23(27(31)32-4)20-8-6-7-9-21(20)33-25/h6-14H,5,15H2,1-4H3. The first kappa shape index (κ1) is 20.9. The van der Waals surface area contributed by atoms with Crippen LogP contribution in [0.2, 0.25) is 0 Å². The van der Waals surface area contributed by atoms with Crippen LogP contribution in [0.4, 0.5) is 0 Å². The van der Waals surface area contributed by atoms with E-state index in [4.69, 9.17) is 19.1 Å². The van der Waals surface area contributed by atoms with Gasteiger partial charge in [-0.15, -0.1) is 0 Å². The lowest BCUT2D eigenvalue weighted by Crippen LogP contribution is -2.06. The molecule has 3 aromatic heterocycles. The van der Waals surface area contributed by atoms with Crippen LogP contribution < -0.4 is 0 Å². The summed E-state index contributed by atoms with van der Waals surface area (Å²) in [6.07, 6.45) is 0.828. The van der Waals surface area contributed by atoms with E-state index in [1.165, 1.54) is 7.11 Å². The van der Waals surface area contributed by atoms with Crippen molar-refractivity contribution in [1.29, 1.82) is 0 Å². The fourth-order valence-corrected chi connectivity index (χ4v) is 4.38. The number of nitrogens with zero attached hydrogens (tertiary/aromatic N) is 3. The third-order valence-electron chi connectivity index (χ3n) is 5.96. The summed E-state index contributed by atoms with van der Waals surface area (Å²) in [7, 11) is 1.38. The highest BCUT2D eigenvalue weighted by Crippen LogP contribution is 2.34. The Bertz CT molecular complexity index is 1490. The molecule has 0 spiro atoms. The number of hydrogen-bond donors (Lipinski definition) is 0. The molecule has 0 aliphatic rings. The summed E-state index contributed by atoms with van der Waals surface area (Å²) >= 11 is 0. The van der Waals surface area contributed by atoms with Gasteiger partial charge in [0, 0.05) is 23.1 Å². The number of imidazole rings is 1. The Morgan fingerprint density at radius 3 is 2.55 bits per heavy atom. The zero-order chi connectivity index (χ0) is 23.1. The molecule has 3 heterocycles. The van der Waals surface area contributed by atoms with E-state index in [-0.39, 0.29) is 0 Å². The molecule has 0 saturated heterocycles. The van der Waals surface area contributed by atoms with Crippen molar-refractivity contribution in [3.63, 3.8) is 0 Å². The molecular weight excluding hydrogens is 414 g/mol. The van der Waals surface area contributed by atoms with Crippen molar-refractivity contribution in [2.45, 2.75) is 33.7 Å². The fourth-order valence-electron chi connectivity index (χ4n) is 4.38. The number of para-hydroxylation sites is 1. The molecule has 0 fully saturated rings. The zero-order valence-electron chi connectivity index (χ0n) is 19.2. The number of ether oxygens (including phenoxy) is 1. The third-order valence-corrected chi connectivity index (χ3v) is 5.96. The van der Waals surface area contributed by atoms with Crippen molar-refractivity contribution in [2.24, 2.45) is 0 Å². The van der Waals surface area contributed by atoms with Crippen LogP contribution in [0.5, 0.6) is 0 Å². The van der Waals surface area contributed by atoms with Gasteiger partial charge in [-0.2, -0.15) is 0 Å². The van der Waals surface area contributed by atoms with E-state index in [1.807, 2.05) is 43.3 Å². The number of methoxy groups -OCH3 is 1. The number of carbonyl (C=O) groups is 1. The lowest BCUT2D eigenvalue weighted by Gasteiger charge is -2.09. The molecule has 6 nitrogen and oxygen atoms in total. The van der Waals surface area contributed by atoms with Crippen LogP contribution in [0.1, 0.15) is 39.9 Å². The Morgan fingerprint density at radius 2 is 1.82 bits per heavy atom. The highest BCUT2D eigenvalue weighted by Gasteiger charge is 2.22. The molecular formula is C27H25N3O3. The van der Waals surface area contributed by atoms with Crippen LogP contribution in [0.15, 0.2) is 59.0 Å². The average Bonchev–Trinajstić information content (AvgIpc) is 3.38. The van der Waals surface area contributed by atoms with E-state index in [9.17, 15) is 4.79 Å². The van der Waals surface area contributed by atoms with Crippen molar-refractivity contribution < 1.29 is 13.9 Å². The van der Waals surface area contributed by atoms with Gasteiger partial charge in [-0.25, -0.2) is 14.8 Å². The average molecular weight is 440 g/mol. The molecule has 0 bridgehead atoms. The number of rotatable bonds is 5. The second kappa shape index (κ2) is 8.20. The molecule has 166 valence electrons. The molecule has 0 saturated carbocycles. The Kier molecular flexibility index (Phi) is 5.21.